The number of hydrogen-bond acceptors (Lipinski definition) is 7. The van der Waals surface area contributed by atoms with E-state index in [1.54, 1.807) is 41.4 Å². The van der Waals surface area contributed by atoms with Crippen LogP contribution in [0.2, 0.25) is 0 Å². The normalized spacial score (nSPS) is 15.4. The number of rotatable bonds is 8. The second kappa shape index (κ2) is 9.81. The molecule has 2 N–H and O–H groups in total. The number of unbranched alkanes of at least 4 members (excludes halogenated alkanes) is 2. The van der Waals surface area contributed by atoms with Gasteiger partial charge in [-0.2, -0.15) is 0 Å². The van der Waals surface area contributed by atoms with Gasteiger partial charge in [0.15, 0.2) is 5.13 Å². The molecular weight excluding hydrogens is 414 g/mol. The largest absolute Gasteiger partial charge is 0.508 e. The third-order valence-corrected chi connectivity index (χ3v) is 6.09. The van der Waals surface area contributed by atoms with Crippen LogP contribution in [0.3, 0.4) is 0 Å². The first-order valence-corrected chi connectivity index (χ1v) is 10.9. The number of thiazole rings is 1. The summed E-state index contributed by atoms with van der Waals surface area (Å²) in [6, 6.07) is 6.66. The van der Waals surface area contributed by atoms with Crippen LogP contribution in [0, 0.1) is 0 Å². The molecule has 28 heavy (non-hydrogen) atoms. The maximum atomic E-state index is 12.6. The number of phenolic OH excluding ortho intramolecular Hbond substituents is 1. The van der Waals surface area contributed by atoms with Crippen LogP contribution in [0.15, 0.2) is 40.7 Å². The van der Waals surface area contributed by atoms with Gasteiger partial charge in [-0.25, -0.2) is 4.98 Å². The van der Waals surface area contributed by atoms with Gasteiger partial charge in [0, 0.05) is 24.5 Å². The van der Waals surface area contributed by atoms with Gasteiger partial charge in [-0.15, -0.1) is 11.3 Å². The Balaban J connectivity index is 1.42. The van der Waals surface area contributed by atoms with Crippen molar-refractivity contribution in [3.63, 3.8) is 0 Å². The van der Waals surface area contributed by atoms with Gasteiger partial charge in [-0.05, 0) is 36.6 Å². The Hall–Kier alpha value is -2.23. The van der Waals surface area contributed by atoms with Gasteiger partial charge in [-0.1, -0.05) is 42.5 Å². The zero-order valence-electron chi connectivity index (χ0n) is 15.0. The highest BCUT2D eigenvalue weighted by atomic mass is 32.2. The van der Waals surface area contributed by atoms with Crippen molar-refractivity contribution in [3.8, 4) is 5.75 Å². The highest BCUT2D eigenvalue weighted by Gasteiger charge is 2.31. The molecule has 1 fully saturated rings. The quantitative estimate of drug-likeness (QED) is 0.368. The predicted molar refractivity (Wildman–Crippen MR) is 117 cm³/mol. The van der Waals surface area contributed by atoms with Crippen molar-refractivity contribution >= 4 is 62.7 Å². The molecule has 3 rings (SSSR count). The van der Waals surface area contributed by atoms with Gasteiger partial charge in [0.1, 0.15) is 10.1 Å². The van der Waals surface area contributed by atoms with Gasteiger partial charge in [-0.3, -0.25) is 14.5 Å². The summed E-state index contributed by atoms with van der Waals surface area (Å²) in [6.07, 6.45) is 6.22. The fraction of sp³-hybridized carbons (Fsp3) is 0.263. The van der Waals surface area contributed by atoms with E-state index < -0.39 is 0 Å². The van der Waals surface area contributed by atoms with E-state index in [9.17, 15) is 14.7 Å². The summed E-state index contributed by atoms with van der Waals surface area (Å²) < 4.78 is 0.552. The first-order valence-electron chi connectivity index (χ1n) is 8.76. The van der Waals surface area contributed by atoms with Gasteiger partial charge in [0.05, 0.1) is 4.91 Å². The second-order valence-corrected chi connectivity index (χ2v) is 8.69. The number of amides is 2. The molecular formula is C19H19N3O3S3. The summed E-state index contributed by atoms with van der Waals surface area (Å²) >= 11 is 8.01. The van der Waals surface area contributed by atoms with Crippen molar-refractivity contribution in [2.24, 2.45) is 0 Å². The van der Waals surface area contributed by atoms with Gasteiger partial charge in [0.2, 0.25) is 5.91 Å². The topological polar surface area (TPSA) is 82.5 Å². The molecule has 0 saturated carbocycles. The van der Waals surface area contributed by atoms with E-state index in [2.05, 4.69) is 10.3 Å². The zero-order chi connectivity index (χ0) is 19.9. The molecule has 0 spiro atoms. The van der Waals surface area contributed by atoms with Crippen LogP contribution in [-0.2, 0) is 9.59 Å². The molecule has 2 heterocycles. The van der Waals surface area contributed by atoms with Gasteiger partial charge < -0.3 is 10.4 Å². The summed E-state index contributed by atoms with van der Waals surface area (Å²) in [5.74, 6) is 0.0482. The Kier molecular flexibility index (Phi) is 7.18. The molecule has 6 nitrogen and oxygen atoms in total. The van der Waals surface area contributed by atoms with Crippen LogP contribution in [0.1, 0.15) is 31.2 Å². The molecule has 1 saturated heterocycles. The molecule has 1 aromatic heterocycles. The molecule has 0 radical (unpaired) electrons. The van der Waals surface area contributed by atoms with E-state index in [0.29, 0.717) is 27.3 Å². The maximum absolute atomic E-state index is 12.6. The Bertz CT molecular complexity index is 880. The molecule has 0 aliphatic carbocycles. The maximum Gasteiger partial charge on any atom is 0.266 e. The molecule has 1 aliphatic heterocycles. The van der Waals surface area contributed by atoms with Crippen molar-refractivity contribution < 1.29 is 14.7 Å². The van der Waals surface area contributed by atoms with Gasteiger partial charge in [0.25, 0.3) is 5.91 Å². The van der Waals surface area contributed by atoms with Crippen molar-refractivity contribution in [1.29, 1.82) is 0 Å². The summed E-state index contributed by atoms with van der Waals surface area (Å²) in [5.41, 5.74) is 0.838. The number of anilines is 1. The van der Waals surface area contributed by atoms with E-state index in [4.69, 9.17) is 12.2 Å². The lowest BCUT2D eigenvalue weighted by Crippen LogP contribution is -2.29. The smallest absolute Gasteiger partial charge is 0.266 e. The van der Waals surface area contributed by atoms with E-state index in [-0.39, 0.29) is 17.6 Å². The Labute approximate surface area is 176 Å². The molecule has 1 aromatic carbocycles. The lowest BCUT2D eigenvalue weighted by molar-refractivity contribution is -0.122. The molecule has 0 atom stereocenters. The Morgan fingerprint density at radius 2 is 2.04 bits per heavy atom. The molecule has 0 unspecified atom stereocenters. The van der Waals surface area contributed by atoms with Crippen LogP contribution in [0.5, 0.6) is 5.75 Å². The lowest BCUT2D eigenvalue weighted by Gasteiger charge is -2.14. The minimum Gasteiger partial charge on any atom is -0.508 e. The summed E-state index contributed by atoms with van der Waals surface area (Å²) in [7, 11) is 0. The van der Waals surface area contributed by atoms with Crippen LogP contribution in [-0.4, -0.2) is 37.7 Å². The molecule has 0 bridgehead atoms. The fourth-order valence-corrected chi connectivity index (χ4v) is 4.47. The molecule has 146 valence electrons. The van der Waals surface area contributed by atoms with Crippen LogP contribution >= 0.6 is 35.3 Å². The van der Waals surface area contributed by atoms with Crippen LogP contribution in [0.4, 0.5) is 5.13 Å². The van der Waals surface area contributed by atoms with Crippen molar-refractivity contribution in [2.75, 3.05) is 11.9 Å². The van der Waals surface area contributed by atoms with Crippen molar-refractivity contribution in [3.05, 3.63) is 46.3 Å². The molecule has 9 heteroatoms. The molecule has 2 amide bonds. The summed E-state index contributed by atoms with van der Waals surface area (Å²) in [5, 5.41) is 14.5. The average molecular weight is 434 g/mol. The Morgan fingerprint density at radius 1 is 1.25 bits per heavy atom. The van der Waals surface area contributed by atoms with Crippen LogP contribution < -0.4 is 5.32 Å². The number of benzene rings is 1. The average Bonchev–Trinajstić information content (AvgIpc) is 3.26. The first kappa shape index (κ1) is 20.5. The highest BCUT2D eigenvalue weighted by Crippen LogP contribution is 2.33. The van der Waals surface area contributed by atoms with E-state index in [1.165, 1.54) is 23.1 Å². The number of thiocarbonyl (C=S) groups is 1. The van der Waals surface area contributed by atoms with E-state index in [1.807, 2.05) is 5.38 Å². The number of carbonyl (C=O) groups is 2. The Morgan fingerprint density at radius 3 is 2.75 bits per heavy atom. The number of phenols is 1. The molecule has 2 aromatic rings. The van der Waals surface area contributed by atoms with Crippen molar-refractivity contribution in [2.45, 2.75) is 25.7 Å². The lowest BCUT2D eigenvalue weighted by atomic mass is 10.1. The van der Waals surface area contributed by atoms with E-state index in [0.717, 1.165) is 24.8 Å². The third-order valence-electron chi connectivity index (χ3n) is 4.03. The summed E-state index contributed by atoms with van der Waals surface area (Å²) in [4.78, 5) is 30.6. The number of aromatic nitrogens is 1. The van der Waals surface area contributed by atoms with Crippen LogP contribution in [0.25, 0.3) is 6.08 Å². The number of thioether (sulfide) groups is 1. The number of hydrogen-bond donors (Lipinski definition) is 2. The highest BCUT2D eigenvalue weighted by molar-refractivity contribution is 8.26. The standard InChI is InChI=1S/C19H19N3O3S3/c23-14-7-5-13(6-8-14)12-15-17(25)22(19(26)28-15)10-3-1-2-4-16(24)21-18-20-9-11-27-18/h5-9,11-12,23H,1-4,10H2,(H,20,21,24)/b15-12-. The third kappa shape index (κ3) is 5.63. The number of carbonyl (C=O) groups excluding carboxylic acids is 2. The second-order valence-electron chi connectivity index (χ2n) is 6.12. The number of nitrogens with one attached hydrogen (secondary N) is 1. The number of aromatic hydroxyl groups is 1. The van der Waals surface area contributed by atoms with Crippen molar-refractivity contribution in [1.82, 2.24) is 9.88 Å². The fourth-order valence-electron chi connectivity index (χ4n) is 2.61. The number of nitrogens with zero attached hydrogens (tertiary/aromatic N) is 2. The van der Waals surface area contributed by atoms with Gasteiger partial charge >= 0.3 is 0 Å². The first-order chi connectivity index (χ1) is 13.5. The summed E-state index contributed by atoms with van der Waals surface area (Å²) in [6.45, 7) is 0.547. The predicted octanol–water partition coefficient (Wildman–Crippen LogP) is 4.25. The van der Waals surface area contributed by atoms with E-state index >= 15 is 0 Å². The SMILES string of the molecule is O=C(CCCCCN1C(=O)/C(=C/c2ccc(O)cc2)SC1=S)Nc1nccs1. The monoisotopic (exact) mass is 433 g/mol. The minimum absolute atomic E-state index is 0.0441. The zero-order valence-corrected chi connectivity index (χ0v) is 17.4. The minimum atomic E-state index is -0.0930. The molecule has 1 aliphatic rings.